The zero-order valence-corrected chi connectivity index (χ0v) is 19.1. The average molecular weight is 436 g/mol. The number of hydrogen-bond donors (Lipinski definition) is 1. The quantitative estimate of drug-likeness (QED) is 0.712. The monoisotopic (exact) mass is 435 g/mol. The Hall–Kier alpha value is -2.93. The molecule has 1 N–H and O–H groups in total. The lowest BCUT2D eigenvalue weighted by molar-refractivity contribution is 0.102. The average Bonchev–Trinajstić information content (AvgIpc) is 2.96. The SMILES string of the molecule is CCN(CC)CCCC1CCN(C(=O)N2c3ccccc3C(=O)Nc3cccnc32)CC1. The fourth-order valence-corrected chi connectivity index (χ4v) is 4.73. The number of nitrogens with zero attached hydrogens (tertiary/aromatic N) is 4. The van der Waals surface area contributed by atoms with Crippen LogP contribution in [-0.4, -0.2) is 59.4 Å². The Kier molecular flexibility index (Phi) is 7.05. The van der Waals surface area contributed by atoms with E-state index in [0.717, 1.165) is 45.6 Å². The van der Waals surface area contributed by atoms with Crippen LogP contribution in [0.5, 0.6) is 0 Å². The Bertz CT molecular complexity index is 951. The summed E-state index contributed by atoms with van der Waals surface area (Å²) in [6.45, 7) is 9.25. The Balaban J connectivity index is 1.47. The second kappa shape index (κ2) is 10.1. The molecule has 1 aromatic carbocycles. The van der Waals surface area contributed by atoms with E-state index < -0.39 is 0 Å². The van der Waals surface area contributed by atoms with Crippen LogP contribution < -0.4 is 10.2 Å². The smallest absolute Gasteiger partial charge is 0.324 e. The molecule has 4 rings (SSSR count). The highest BCUT2D eigenvalue weighted by Crippen LogP contribution is 2.37. The van der Waals surface area contributed by atoms with Crippen LogP contribution in [0.3, 0.4) is 0 Å². The number of fused-ring (bicyclic) bond motifs is 2. The molecule has 1 fully saturated rings. The Labute approximate surface area is 190 Å². The lowest BCUT2D eigenvalue weighted by atomic mass is 9.92. The van der Waals surface area contributed by atoms with Gasteiger partial charge in [0, 0.05) is 19.3 Å². The number of nitrogens with one attached hydrogen (secondary N) is 1. The summed E-state index contributed by atoms with van der Waals surface area (Å²) < 4.78 is 0. The van der Waals surface area contributed by atoms with E-state index in [1.54, 1.807) is 29.3 Å². The van der Waals surface area contributed by atoms with E-state index >= 15 is 0 Å². The van der Waals surface area contributed by atoms with Crippen LogP contribution in [0.2, 0.25) is 0 Å². The molecule has 3 heterocycles. The van der Waals surface area contributed by atoms with E-state index in [2.05, 4.69) is 29.0 Å². The van der Waals surface area contributed by atoms with Crippen molar-refractivity contribution in [3.8, 4) is 0 Å². The van der Waals surface area contributed by atoms with Gasteiger partial charge in [-0.15, -0.1) is 0 Å². The van der Waals surface area contributed by atoms with Crippen molar-refractivity contribution in [2.24, 2.45) is 5.92 Å². The molecule has 0 saturated carbocycles. The van der Waals surface area contributed by atoms with Gasteiger partial charge >= 0.3 is 6.03 Å². The first kappa shape index (κ1) is 22.3. The van der Waals surface area contributed by atoms with Gasteiger partial charge in [0.15, 0.2) is 5.82 Å². The number of benzene rings is 1. The third-order valence-electron chi connectivity index (χ3n) is 6.69. The molecule has 0 spiro atoms. The number of likely N-dealkylation sites (tertiary alicyclic amines) is 1. The van der Waals surface area contributed by atoms with Crippen LogP contribution >= 0.6 is 0 Å². The lowest BCUT2D eigenvalue weighted by Gasteiger charge is -2.35. The molecule has 0 bridgehead atoms. The molecule has 0 unspecified atom stereocenters. The minimum absolute atomic E-state index is 0.115. The predicted molar refractivity (Wildman–Crippen MR) is 127 cm³/mol. The molecular weight excluding hydrogens is 402 g/mol. The highest BCUT2D eigenvalue weighted by molar-refractivity contribution is 6.16. The Morgan fingerprint density at radius 2 is 1.88 bits per heavy atom. The Morgan fingerprint density at radius 1 is 1.12 bits per heavy atom. The molecule has 0 aliphatic carbocycles. The molecule has 1 aromatic heterocycles. The van der Waals surface area contributed by atoms with E-state index in [4.69, 9.17) is 0 Å². The van der Waals surface area contributed by atoms with Gasteiger partial charge in [-0.1, -0.05) is 26.0 Å². The molecule has 1 saturated heterocycles. The molecule has 0 radical (unpaired) electrons. The van der Waals surface area contributed by atoms with Gasteiger partial charge in [-0.05, 0) is 75.5 Å². The third kappa shape index (κ3) is 4.63. The summed E-state index contributed by atoms with van der Waals surface area (Å²) in [5.74, 6) is 0.911. The number of amides is 3. The van der Waals surface area contributed by atoms with Gasteiger partial charge < -0.3 is 15.1 Å². The van der Waals surface area contributed by atoms with Crippen molar-refractivity contribution in [1.29, 1.82) is 0 Å². The molecule has 2 aromatic rings. The number of piperidine rings is 1. The number of pyridine rings is 1. The van der Waals surface area contributed by atoms with Crippen molar-refractivity contribution in [2.75, 3.05) is 42.9 Å². The molecule has 2 aliphatic rings. The van der Waals surface area contributed by atoms with Gasteiger partial charge in [0.05, 0.1) is 16.9 Å². The third-order valence-corrected chi connectivity index (χ3v) is 6.69. The van der Waals surface area contributed by atoms with Crippen molar-refractivity contribution in [3.63, 3.8) is 0 Å². The number of aromatic nitrogens is 1. The maximum absolute atomic E-state index is 13.7. The largest absolute Gasteiger partial charge is 0.330 e. The first-order valence-electron chi connectivity index (χ1n) is 11.8. The van der Waals surface area contributed by atoms with Crippen LogP contribution in [-0.2, 0) is 0 Å². The number of anilines is 3. The van der Waals surface area contributed by atoms with Gasteiger partial charge in [-0.3, -0.25) is 4.79 Å². The molecular formula is C25H33N5O2. The van der Waals surface area contributed by atoms with Gasteiger partial charge in [-0.2, -0.15) is 0 Å². The lowest BCUT2D eigenvalue weighted by Crippen LogP contribution is -2.45. The summed E-state index contributed by atoms with van der Waals surface area (Å²) in [4.78, 5) is 36.9. The summed E-state index contributed by atoms with van der Waals surface area (Å²) in [5.41, 5.74) is 1.60. The van der Waals surface area contributed by atoms with E-state index in [1.807, 2.05) is 23.1 Å². The van der Waals surface area contributed by atoms with E-state index in [0.29, 0.717) is 28.7 Å². The zero-order chi connectivity index (χ0) is 22.5. The van der Waals surface area contributed by atoms with Crippen LogP contribution in [0.25, 0.3) is 0 Å². The minimum Gasteiger partial charge on any atom is -0.324 e. The zero-order valence-electron chi connectivity index (χ0n) is 19.1. The first-order valence-corrected chi connectivity index (χ1v) is 11.8. The van der Waals surface area contributed by atoms with Crippen molar-refractivity contribution in [1.82, 2.24) is 14.8 Å². The molecule has 0 atom stereocenters. The number of hydrogen-bond acceptors (Lipinski definition) is 4. The maximum atomic E-state index is 13.7. The summed E-state index contributed by atoms with van der Waals surface area (Å²) >= 11 is 0. The van der Waals surface area contributed by atoms with Gasteiger partial charge in [-0.25, -0.2) is 14.7 Å². The standard InChI is InChI=1S/C25H33N5O2/c1-3-28(4-2)16-8-9-19-13-17-29(18-14-19)25(32)30-22-12-6-5-10-20(22)24(31)27-21-11-7-15-26-23(21)30/h5-7,10-12,15,19H,3-4,8-9,13-14,16-18H2,1-2H3,(H,27,31). The van der Waals surface area contributed by atoms with E-state index in [-0.39, 0.29) is 11.9 Å². The highest BCUT2D eigenvalue weighted by atomic mass is 16.2. The van der Waals surface area contributed by atoms with Crippen molar-refractivity contribution in [2.45, 2.75) is 39.5 Å². The number of rotatable bonds is 6. The minimum atomic E-state index is -0.225. The Morgan fingerprint density at radius 3 is 2.62 bits per heavy atom. The van der Waals surface area contributed by atoms with E-state index in [1.165, 1.54) is 12.8 Å². The number of para-hydroxylation sites is 1. The molecule has 3 amide bonds. The molecule has 2 aliphatic heterocycles. The molecule has 32 heavy (non-hydrogen) atoms. The van der Waals surface area contributed by atoms with Gasteiger partial charge in [0.2, 0.25) is 0 Å². The number of urea groups is 1. The number of carbonyl (C=O) groups excluding carboxylic acids is 2. The van der Waals surface area contributed by atoms with Gasteiger partial charge in [0.25, 0.3) is 5.91 Å². The van der Waals surface area contributed by atoms with Crippen LogP contribution in [0.1, 0.15) is 49.9 Å². The summed E-state index contributed by atoms with van der Waals surface area (Å²) in [6.07, 6.45) is 6.12. The molecule has 170 valence electrons. The highest BCUT2D eigenvalue weighted by Gasteiger charge is 2.34. The van der Waals surface area contributed by atoms with Crippen LogP contribution in [0, 0.1) is 5.92 Å². The summed E-state index contributed by atoms with van der Waals surface area (Å²) in [7, 11) is 0. The maximum Gasteiger partial charge on any atom is 0.330 e. The second-order valence-corrected chi connectivity index (χ2v) is 8.56. The second-order valence-electron chi connectivity index (χ2n) is 8.56. The normalized spacial score (nSPS) is 16.4. The molecule has 7 nitrogen and oxygen atoms in total. The topological polar surface area (TPSA) is 68.8 Å². The fraction of sp³-hybridized carbons (Fsp3) is 0.480. The van der Waals surface area contributed by atoms with Crippen molar-refractivity contribution >= 4 is 29.1 Å². The van der Waals surface area contributed by atoms with Crippen LogP contribution in [0.15, 0.2) is 42.6 Å². The number of carbonyl (C=O) groups is 2. The fourth-order valence-electron chi connectivity index (χ4n) is 4.73. The van der Waals surface area contributed by atoms with E-state index in [9.17, 15) is 9.59 Å². The first-order chi connectivity index (χ1) is 15.6. The molecule has 7 heteroatoms. The summed E-state index contributed by atoms with van der Waals surface area (Å²) in [5, 5.41) is 2.90. The van der Waals surface area contributed by atoms with Crippen molar-refractivity contribution in [3.05, 3.63) is 48.2 Å². The predicted octanol–water partition coefficient (Wildman–Crippen LogP) is 4.74. The van der Waals surface area contributed by atoms with Crippen LogP contribution in [0.4, 0.5) is 22.0 Å². The van der Waals surface area contributed by atoms with Gasteiger partial charge in [0.1, 0.15) is 0 Å². The summed E-state index contributed by atoms with van der Waals surface area (Å²) in [6, 6.07) is 10.7. The van der Waals surface area contributed by atoms with Crippen molar-refractivity contribution < 1.29 is 9.59 Å².